The van der Waals surface area contributed by atoms with Gasteiger partial charge in [-0.2, -0.15) is 0 Å². The van der Waals surface area contributed by atoms with Crippen molar-refractivity contribution in [1.29, 1.82) is 0 Å². The number of amides is 1. The van der Waals surface area contributed by atoms with E-state index in [1.807, 2.05) is 4.90 Å². The zero-order valence-corrected chi connectivity index (χ0v) is 13.5. The molecule has 0 aromatic heterocycles. The van der Waals surface area contributed by atoms with Crippen molar-refractivity contribution in [3.63, 3.8) is 0 Å². The summed E-state index contributed by atoms with van der Waals surface area (Å²) in [6.07, 6.45) is 7.88. The first-order valence-electron chi connectivity index (χ1n) is 7.95. The van der Waals surface area contributed by atoms with E-state index in [-0.39, 0.29) is 18.0 Å². The quantitative estimate of drug-likeness (QED) is 0.714. The van der Waals surface area contributed by atoms with Crippen molar-refractivity contribution in [2.75, 3.05) is 13.6 Å². The maximum absolute atomic E-state index is 12.4. The summed E-state index contributed by atoms with van der Waals surface area (Å²) in [6.45, 7) is 8.97. The highest BCUT2D eigenvalue weighted by Crippen LogP contribution is 2.21. The molecule has 0 bridgehead atoms. The SMILES string of the molecule is CC(C)N(C(=O)CN(C)C1CCCCCC1)C(C)C. The molecule has 3 nitrogen and oxygen atoms in total. The third-order valence-corrected chi connectivity index (χ3v) is 4.23. The van der Waals surface area contributed by atoms with Crippen LogP contribution in [0.2, 0.25) is 0 Å². The van der Waals surface area contributed by atoms with Gasteiger partial charge in [0.15, 0.2) is 0 Å². The Morgan fingerprint density at radius 1 is 1.00 bits per heavy atom. The summed E-state index contributed by atoms with van der Waals surface area (Å²) in [5.41, 5.74) is 0. The lowest BCUT2D eigenvalue weighted by molar-refractivity contribution is -0.136. The molecule has 0 radical (unpaired) electrons. The first-order valence-corrected chi connectivity index (χ1v) is 7.95. The molecule has 1 rings (SSSR count). The minimum absolute atomic E-state index is 0.275. The maximum Gasteiger partial charge on any atom is 0.237 e. The van der Waals surface area contributed by atoms with Gasteiger partial charge in [-0.1, -0.05) is 25.7 Å². The van der Waals surface area contributed by atoms with E-state index in [4.69, 9.17) is 0 Å². The molecule has 1 saturated carbocycles. The molecule has 0 atom stereocenters. The molecular weight excluding hydrogens is 236 g/mol. The Morgan fingerprint density at radius 2 is 1.47 bits per heavy atom. The number of hydrogen-bond acceptors (Lipinski definition) is 2. The van der Waals surface area contributed by atoms with Crippen LogP contribution >= 0.6 is 0 Å². The lowest BCUT2D eigenvalue weighted by atomic mass is 10.1. The fraction of sp³-hybridized carbons (Fsp3) is 0.938. The van der Waals surface area contributed by atoms with Gasteiger partial charge in [0.1, 0.15) is 0 Å². The molecule has 3 heteroatoms. The zero-order valence-electron chi connectivity index (χ0n) is 13.5. The van der Waals surface area contributed by atoms with Crippen LogP contribution in [0.1, 0.15) is 66.2 Å². The molecule has 0 saturated heterocycles. The van der Waals surface area contributed by atoms with Crippen LogP contribution in [0.3, 0.4) is 0 Å². The van der Waals surface area contributed by atoms with E-state index in [0.717, 1.165) is 0 Å². The molecule has 1 aliphatic carbocycles. The summed E-state index contributed by atoms with van der Waals surface area (Å²) in [5.74, 6) is 0.275. The average Bonchev–Trinajstić information content (AvgIpc) is 2.55. The van der Waals surface area contributed by atoms with Crippen molar-refractivity contribution < 1.29 is 4.79 Å². The van der Waals surface area contributed by atoms with Crippen LogP contribution in [0.4, 0.5) is 0 Å². The monoisotopic (exact) mass is 268 g/mol. The van der Waals surface area contributed by atoms with Crippen LogP contribution < -0.4 is 0 Å². The third-order valence-electron chi connectivity index (χ3n) is 4.23. The van der Waals surface area contributed by atoms with Gasteiger partial charge in [0.05, 0.1) is 6.54 Å². The molecule has 19 heavy (non-hydrogen) atoms. The average molecular weight is 268 g/mol. The summed E-state index contributed by atoms with van der Waals surface area (Å²) in [6, 6.07) is 1.18. The Morgan fingerprint density at radius 3 is 1.89 bits per heavy atom. The van der Waals surface area contributed by atoms with Gasteiger partial charge in [-0.05, 0) is 47.6 Å². The largest absolute Gasteiger partial charge is 0.337 e. The molecule has 0 spiro atoms. The molecule has 112 valence electrons. The highest BCUT2D eigenvalue weighted by atomic mass is 16.2. The number of rotatable bonds is 5. The summed E-state index contributed by atoms with van der Waals surface area (Å²) < 4.78 is 0. The van der Waals surface area contributed by atoms with Crippen molar-refractivity contribution in [3.8, 4) is 0 Å². The summed E-state index contributed by atoms with van der Waals surface area (Å²) in [7, 11) is 2.12. The predicted octanol–water partition coefficient (Wildman–Crippen LogP) is 3.29. The van der Waals surface area contributed by atoms with E-state index in [1.54, 1.807) is 0 Å². The fourth-order valence-electron chi connectivity index (χ4n) is 3.29. The summed E-state index contributed by atoms with van der Waals surface area (Å²) >= 11 is 0. The van der Waals surface area contributed by atoms with Gasteiger partial charge in [-0.25, -0.2) is 0 Å². The second-order valence-corrected chi connectivity index (χ2v) is 6.55. The van der Waals surface area contributed by atoms with Gasteiger partial charge in [0.2, 0.25) is 5.91 Å². The van der Waals surface area contributed by atoms with E-state index < -0.39 is 0 Å². The van der Waals surface area contributed by atoms with Gasteiger partial charge in [0.25, 0.3) is 0 Å². The highest BCUT2D eigenvalue weighted by molar-refractivity contribution is 5.78. The molecule has 1 amide bonds. The Labute approximate surface area is 119 Å². The number of likely N-dealkylation sites (N-methyl/N-ethyl adjacent to an activating group) is 1. The van der Waals surface area contributed by atoms with Crippen molar-refractivity contribution >= 4 is 5.91 Å². The standard InChI is InChI=1S/C16H32N2O/c1-13(2)18(14(3)4)16(19)12-17(5)15-10-8-6-7-9-11-15/h13-15H,6-12H2,1-5H3. The minimum Gasteiger partial charge on any atom is -0.337 e. The molecular formula is C16H32N2O. The second-order valence-electron chi connectivity index (χ2n) is 6.55. The first kappa shape index (κ1) is 16.5. The Balaban J connectivity index is 2.53. The molecule has 0 unspecified atom stereocenters. The third kappa shape index (κ3) is 5.13. The van der Waals surface area contributed by atoms with Crippen LogP contribution in [0, 0.1) is 0 Å². The summed E-state index contributed by atoms with van der Waals surface area (Å²) in [5, 5.41) is 0. The lowest BCUT2D eigenvalue weighted by Gasteiger charge is -2.34. The summed E-state index contributed by atoms with van der Waals surface area (Å²) in [4.78, 5) is 16.7. The fourth-order valence-corrected chi connectivity index (χ4v) is 3.29. The van der Waals surface area contributed by atoms with Gasteiger partial charge in [-0.15, -0.1) is 0 Å². The van der Waals surface area contributed by atoms with Gasteiger partial charge >= 0.3 is 0 Å². The van der Waals surface area contributed by atoms with Crippen molar-refractivity contribution in [1.82, 2.24) is 9.80 Å². The Bertz CT molecular complexity index is 260. The van der Waals surface area contributed by atoms with Crippen LogP contribution in [-0.2, 0) is 4.79 Å². The smallest absolute Gasteiger partial charge is 0.237 e. The van der Waals surface area contributed by atoms with E-state index in [2.05, 4.69) is 39.6 Å². The first-order chi connectivity index (χ1) is 8.93. The Hall–Kier alpha value is -0.570. The molecule has 0 heterocycles. The molecule has 0 aliphatic heterocycles. The van der Waals surface area contributed by atoms with Crippen molar-refractivity contribution in [2.24, 2.45) is 0 Å². The van der Waals surface area contributed by atoms with Crippen LogP contribution in [0.5, 0.6) is 0 Å². The van der Waals surface area contributed by atoms with Crippen molar-refractivity contribution in [3.05, 3.63) is 0 Å². The number of carbonyl (C=O) groups excluding carboxylic acids is 1. The van der Waals surface area contributed by atoms with Crippen LogP contribution in [-0.4, -0.2) is 47.4 Å². The van der Waals surface area contributed by atoms with Crippen LogP contribution in [0.15, 0.2) is 0 Å². The van der Waals surface area contributed by atoms with Gasteiger partial charge in [0, 0.05) is 18.1 Å². The Kier molecular flexibility index (Phi) is 6.84. The number of nitrogens with zero attached hydrogens (tertiary/aromatic N) is 2. The lowest BCUT2D eigenvalue weighted by Crippen LogP contribution is -2.48. The maximum atomic E-state index is 12.4. The predicted molar refractivity (Wildman–Crippen MR) is 81.2 cm³/mol. The van der Waals surface area contributed by atoms with Gasteiger partial charge in [-0.3, -0.25) is 9.69 Å². The van der Waals surface area contributed by atoms with Crippen molar-refractivity contribution in [2.45, 2.75) is 84.3 Å². The van der Waals surface area contributed by atoms with Gasteiger partial charge < -0.3 is 4.90 Å². The highest BCUT2D eigenvalue weighted by Gasteiger charge is 2.24. The van der Waals surface area contributed by atoms with E-state index >= 15 is 0 Å². The topological polar surface area (TPSA) is 23.6 Å². The minimum atomic E-state index is 0.275. The normalized spacial score (nSPS) is 18.1. The number of hydrogen-bond donors (Lipinski definition) is 0. The molecule has 0 N–H and O–H groups in total. The van der Waals surface area contributed by atoms with Crippen LogP contribution in [0.25, 0.3) is 0 Å². The van der Waals surface area contributed by atoms with E-state index in [1.165, 1.54) is 38.5 Å². The second kappa shape index (κ2) is 7.88. The molecule has 0 aromatic rings. The molecule has 1 aliphatic rings. The zero-order chi connectivity index (χ0) is 14.4. The van der Waals surface area contributed by atoms with E-state index in [0.29, 0.717) is 12.6 Å². The van der Waals surface area contributed by atoms with E-state index in [9.17, 15) is 4.79 Å². The molecule has 0 aromatic carbocycles. The number of carbonyl (C=O) groups is 1. The molecule has 1 fully saturated rings.